The zero-order chi connectivity index (χ0) is 2.71. The quantitative estimate of drug-likeness (QED) is 0.333. The van der Waals surface area contributed by atoms with E-state index in [-0.39, 0.29) is 17.1 Å². The van der Waals surface area contributed by atoms with E-state index in [4.69, 9.17) is 9.90 Å². The summed E-state index contributed by atoms with van der Waals surface area (Å²) in [6.45, 7) is 0.500. The van der Waals surface area contributed by atoms with Crippen LogP contribution in [0.25, 0.3) is 0 Å². The maximum atomic E-state index is 8.24. The molecular weight excluding hydrogens is 99.9 g/mol. The molecule has 0 aromatic heterocycles. The molecule has 3 heteroatoms. The van der Waals surface area contributed by atoms with Crippen molar-refractivity contribution in [2.45, 2.75) is 0 Å². The standard InChI is InChI=1S/CHO2.Fe/c2-1-3;/h(H,2,3);/q-1;+1. The molecule has 0 aromatic rings. The molecule has 0 aliphatic heterocycles. The van der Waals surface area contributed by atoms with Crippen LogP contribution in [0.2, 0.25) is 0 Å². The molecule has 0 amide bonds. The summed E-state index contributed by atoms with van der Waals surface area (Å²) in [5.41, 5.74) is 0. The Labute approximate surface area is 34.3 Å². The maximum Gasteiger partial charge on any atom is 1.00 e. The fourth-order valence-corrected chi connectivity index (χ4v) is 0. The Morgan fingerprint density at radius 3 is 1.75 bits per heavy atom. The van der Waals surface area contributed by atoms with Gasteiger partial charge in [-0.25, -0.2) is 0 Å². The van der Waals surface area contributed by atoms with Gasteiger partial charge in [-0.2, -0.15) is 0 Å². The largest absolute Gasteiger partial charge is 1.00 e. The van der Waals surface area contributed by atoms with Crippen LogP contribution in [0, 0.1) is 0 Å². The molecule has 2 nitrogen and oxygen atoms in total. The van der Waals surface area contributed by atoms with E-state index in [1.165, 1.54) is 0 Å². The molecule has 0 fully saturated rings. The molecule has 1 N–H and O–H groups in total. The van der Waals surface area contributed by atoms with Gasteiger partial charge in [0.1, 0.15) is 0 Å². The van der Waals surface area contributed by atoms with Crippen LogP contribution in [0.15, 0.2) is 0 Å². The van der Waals surface area contributed by atoms with E-state index in [2.05, 4.69) is 0 Å². The van der Waals surface area contributed by atoms with Gasteiger partial charge in [0.2, 0.25) is 0 Å². The van der Waals surface area contributed by atoms with Crippen LogP contribution in [0.5, 0.6) is 0 Å². The van der Waals surface area contributed by atoms with Gasteiger partial charge >= 0.3 is 17.1 Å². The minimum atomic E-state index is 0. The Kier molecular flexibility index (Phi) is 27.2. The van der Waals surface area contributed by atoms with Crippen LogP contribution in [-0.4, -0.2) is 11.6 Å². The summed E-state index contributed by atoms with van der Waals surface area (Å²) in [6, 6.07) is 0. The molecule has 0 saturated carbocycles. The first-order valence-electron chi connectivity index (χ1n) is 0.428. The second-order valence-electron chi connectivity index (χ2n) is 0.0913. The predicted octanol–water partition coefficient (Wildman–Crippen LogP) is -0.391. The zero-order valence-corrected chi connectivity index (χ0v) is 2.81. The summed E-state index contributed by atoms with van der Waals surface area (Å²) in [7, 11) is 0. The summed E-state index contributed by atoms with van der Waals surface area (Å²) in [6.07, 6.45) is 0. The molecule has 0 saturated heterocycles. The molecule has 0 rings (SSSR count). The van der Waals surface area contributed by atoms with Gasteiger partial charge < -0.3 is 9.90 Å². The smallest absolute Gasteiger partial charge is 0.665 e. The fraction of sp³-hybridized carbons (Fsp3) is 0. The molecule has 1 radical (unpaired) electrons. The minimum absolute atomic E-state index is 0. The van der Waals surface area contributed by atoms with Gasteiger partial charge in [-0.05, 0) is 0 Å². The summed E-state index contributed by atoms with van der Waals surface area (Å²) in [5, 5.41) is 6.76. The van der Waals surface area contributed by atoms with E-state index in [0.29, 0.717) is 6.47 Å². The summed E-state index contributed by atoms with van der Waals surface area (Å²) in [4.78, 5) is 8.24. The first-order valence-corrected chi connectivity index (χ1v) is 0.428. The van der Waals surface area contributed by atoms with Gasteiger partial charge in [-0.15, -0.1) is 0 Å². The second kappa shape index (κ2) is 12.1. The van der Waals surface area contributed by atoms with Crippen molar-refractivity contribution in [3.8, 4) is 0 Å². The van der Waals surface area contributed by atoms with E-state index in [1.54, 1.807) is 0 Å². The Morgan fingerprint density at radius 2 is 1.75 bits per heavy atom. The first-order chi connectivity index (χ1) is 1.41. The van der Waals surface area contributed by atoms with Gasteiger partial charge in [0.25, 0.3) is 0 Å². The molecular formula is CHFeO2. The number of hydrogen-bond acceptors (Lipinski definition) is 1. The summed E-state index contributed by atoms with van der Waals surface area (Å²) in [5.74, 6) is 0. The number of hydrogen-bond donors (Lipinski definition) is 1. The van der Waals surface area contributed by atoms with E-state index in [1.807, 2.05) is 0 Å². The molecule has 0 atom stereocenters. The number of rotatable bonds is 0. The fourth-order valence-electron chi connectivity index (χ4n) is 0. The topological polar surface area (TPSA) is 37.3 Å². The van der Waals surface area contributed by atoms with Crippen LogP contribution < -0.4 is 0 Å². The summed E-state index contributed by atoms with van der Waals surface area (Å²) >= 11 is 0. The van der Waals surface area contributed by atoms with Gasteiger partial charge in [0.15, 0.2) is 0 Å². The van der Waals surface area contributed by atoms with Crippen molar-refractivity contribution in [1.29, 1.82) is 0 Å². The predicted molar refractivity (Wildman–Crippen MR) is 8.32 cm³/mol. The summed E-state index contributed by atoms with van der Waals surface area (Å²) < 4.78 is 0. The van der Waals surface area contributed by atoms with Gasteiger partial charge in [-0.1, -0.05) is 6.47 Å². The average molecular weight is 101 g/mol. The SMILES string of the molecule is O=[C-]O.[Fe+]. The normalized spacial score (nSPS) is 3.00. The van der Waals surface area contributed by atoms with Crippen molar-refractivity contribution >= 4 is 6.47 Å². The van der Waals surface area contributed by atoms with Crippen LogP contribution in [0.4, 0.5) is 0 Å². The van der Waals surface area contributed by atoms with Gasteiger partial charge in [0, 0.05) is 0 Å². The number of aliphatic hydroxyl groups excluding tert-OH is 1. The van der Waals surface area contributed by atoms with Crippen LogP contribution in [0.1, 0.15) is 0 Å². The molecule has 0 spiro atoms. The third-order valence-electron chi connectivity index (χ3n) is 0. The molecule has 0 heterocycles. The Balaban J connectivity index is 0. The second-order valence-corrected chi connectivity index (χ2v) is 0.0913. The zero-order valence-electron chi connectivity index (χ0n) is 1.71. The molecule has 0 unspecified atom stereocenters. The van der Waals surface area contributed by atoms with E-state index in [0.717, 1.165) is 0 Å². The third-order valence-corrected chi connectivity index (χ3v) is 0. The monoisotopic (exact) mass is 101 g/mol. The van der Waals surface area contributed by atoms with Crippen molar-refractivity contribution < 1.29 is 27.0 Å². The molecule has 0 bridgehead atoms. The third kappa shape index (κ3) is 17600. The first kappa shape index (κ1) is 9.01. The average Bonchev–Trinajstić information content (AvgIpc) is 0.918. The molecule has 0 aliphatic carbocycles. The molecule has 0 aliphatic rings. The van der Waals surface area contributed by atoms with E-state index < -0.39 is 0 Å². The maximum absolute atomic E-state index is 8.24. The Hall–Kier alpha value is -0.0105. The minimum Gasteiger partial charge on any atom is -0.665 e. The van der Waals surface area contributed by atoms with Crippen molar-refractivity contribution in [2.24, 2.45) is 0 Å². The van der Waals surface area contributed by atoms with Gasteiger partial charge in [0.05, 0.1) is 0 Å². The Morgan fingerprint density at radius 1 is 1.75 bits per heavy atom. The van der Waals surface area contributed by atoms with Gasteiger partial charge in [-0.3, -0.25) is 0 Å². The van der Waals surface area contributed by atoms with Crippen molar-refractivity contribution in [3.63, 3.8) is 0 Å². The Bertz CT molecular complexity index is 13.5. The van der Waals surface area contributed by atoms with Crippen LogP contribution in [0.3, 0.4) is 0 Å². The van der Waals surface area contributed by atoms with Crippen molar-refractivity contribution in [2.75, 3.05) is 0 Å². The van der Waals surface area contributed by atoms with E-state index >= 15 is 0 Å². The van der Waals surface area contributed by atoms with Crippen molar-refractivity contribution in [1.82, 2.24) is 0 Å². The van der Waals surface area contributed by atoms with Crippen molar-refractivity contribution in [3.05, 3.63) is 0 Å². The van der Waals surface area contributed by atoms with E-state index in [9.17, 15) is 0 Å². The molecule has 25 valence electrons. The molecule has 4 heavy (non-hydrogen) atoms. The van der Waals surface area contributed by atoms with Crippen LogP contribution >= 0.6 is 0 Å². The van der Waals surface area contributed by atoms with Crippen LogP contribution in [-0.2, 0) is 21.9 Å². The molecule has 0 aromatic carbocycles.